The van der Waals surface area contributed by atoms with E-state index in [0.29, 0.717) is 6.04 Å². The first kappa shape index (κ1) is 12.7. The monoisotopic (exact) mass is 220 g/mol. The molecule has 0 aromatic carbocycles. The van der Waals surface area contributed by atoms with Gasteiger partial charge < -0.3 is 10.0 Å². The van der Waals surface area contributed by atoms with E-state index in [9.17, 15) is 5.11 Å². The molecule has 16 heavy (non-hydrogen) atoms. The molecule has 1 aromatic rings. The van der Waals surface area contributed by atoms with Crippen LogP contribution in [0.3, 0.4) is 0 Å². The Morgan fingerprint density at radius 3 is 2.69 bits per heavy atom. The fourth-order valence-corrected chi connectivity index (χ4v) is 1.56. The van der Waals surface area contributed by atoms with Gasteiger partial charge in [0.25, 0.3) is 0 Å². The summed E-state index contributed by atoms with van der Waals surface area (Å²) in [5.41, 5.74) is 0.889. The normalized spacial score (nSPS) is 12.6. The Labute approximate surface area is 97.4 Å². The van der Waals surface area contributed by atoms with E-state index in [1.165, 1.54) is 0 Å². The predicted octanol–water partition coefficient (Wildman–Crippen LogP) is 2.54. The molecule has 1 rings (SSSR count). The Bertz CT molecular complexity index is 348. The van der Waals surface area contributed by atoms with E-state index in [2.05, 4.69) is 30.3 Å². The summed E-state index contributed by atoms with van der Waals surface area (Å²) in [5, 5.41) is 9.53. The summed E-state index contributed by atoms with van der Waals surface area (Å²) < 4.78 is 0. The first-order valence-corrected chi connectivity index (χ1v) is 5.57. The average molecular weight is 220 g/mol. The van der Waals surface area contributed by atoms with Gasteiger partial charge in [0.15, 0.2) is 0 Å². The number of anilines is 1. The maximum Gasteiger partial charge on any atom is 0.129 e. The van der Waals surface area contributed by atoms with E-state index < -0.39 is 6.10 Å². The zero-order valence-corrected chi connectivity index (χ0v) is 10.2. The molecule has 88 valence electrons. The molecule has 0 aliphatic heterocycles. The Morgan fingerprint density at radius 2 is 2.19 bits per heavy atom. The van der Waals surface area contributed by atoms with Crippen molar-refractivity contribution < 1.29 is 5.11 Å². The molecule has 0 fully saturated rings. The number of rotatable bonds is 5. The van der Waals surface area contributed by atoms with Crippen molar-refractivity contribution in [3.8, 4) is 0 Å². The van der Waals surface area contributed by atoms with Crippen LogP contribution in [-0.4, -0.2) is 22.7 Å². The van der Waals surface area contributed by atoms with Crippen LogP contribution >= 0.6 is 0 Å². The predicted molar refractivity (Wildman–Crippen MR) is 67.5 cm³/mol. The number of aliphatic hydroxyl groups excluding tert-OH is 1. The maximum absolute atomic E-state index is 9.53. The topological polar surface area (TPSA) is 36.4 Å². The summed E-state index contributed by atoms with van der Waals surface area (Å²) in [6.07, 6.45) is 3.13. The van der Waals surface area contributed by atoms with Gasteiger partial charge in [0.2, 0.25) is 0 Å². The van der Waals surface area contributed by atoms with Crippen molar-refractivity contribution in [2.45, 2.75) is 32.9 Å². The van der Waals surface area contributed by atoms with Crippen LogP contribution in [0.25, 0.3) is 0 Å². The highest BCUT2D eigenvalue weighted by Crippen LogP contribution is 2.19. The Balaban J connectivity index is 2.99. The van der Waals surface area contributed by atoms with Crippen LogP contribution in [0.5, 0.6) is 0 Å². The van der Waals surface area contributed by atoms with Crippen LogP contribution in [0.15, 0.2) is 31.0 Å². The molecule has 0 amide bonds. The lowest BCUT2D eigenvalue weighted by molar-refractivity contribution is 0.199. The van der Waals surface area contributed by atoms with Gasteiger partial charge in [-0.05, 0) is 38.5 Å². The van der Waals surface area contributed by atoms with Gasteiger partial charge in [-0.15, -0.1) is 6.58 Å². The number of pyridine rings is 1. The Morgan fingerprint density at radius 1 is 1.50 bits per heavy atom. The Hall–Kier alpha value is -1.35. The molecule has 0 spiro atoms. The van der Waals surface area contributed by atoms with Gasteiger partial charge in [0.1, 0.15) is 5.82 Å². The van der Waals surface area contributed by atoms with Gasteiger partial charge in [0.05, 0.1) is 6.10 Å². The van der Waals surface area contributed by atoms with Gasteiger partial charge in [-0.25, -0.2) is 4.98 Å². The molecule has 3 heteroatoms. The largest absolute Gasteiger partial charge is 0.389 e. The number of aromatic nitrogens is 1. The Kier molecular flexibility index (Phi) is 4.50. The van der Waals surface area contributed by atoms with E-state index in [4.69, 9.17) is 0 Å². The van der Waals surface area contributed by atoms with Crippen LogP contribution < -0.4 is 4.90 Å². The highest BCUT2D eigenvalue weighted by molar-refractivity contribution is 5.43. The summed E-state index contributed by atoms with van der Waals surface area (Å²) in [6.45, 7) is 10.5. The van der Waals surface area contributed by atoms with E-state index in [1.54, 1.807) is 13.1 Å². The summed E-state index contributed by atoms with van der Waals surface area (Å²) >= 11 is 0. The van der Waals surface area contributed by atoms with Crippen molar-refractivity contribution in [1.29, 1.82) is 0 Å². The van der Waals surface area contributed by atoms with Crippen LogP contribution in [-0.2, 0) is 0 Å². The van der Waals surface area contributed by atoms with Crippen molar-refractivity contribution in [2.24, 2.45) is 0 Å². The zero-order chi connectivity index (χ0) is 12.1. The molecule has 0 aliphatic rings. The molecular formula is C13H20N2O. The van der Waals surface area contributed by atoms with Gasteiger partial charge in [-0.1, -0.05) is 6.08 Å². The van der Waals surface area contributed by atoms with Gasteiger partial charge in [0, 0.05) is 18.8 Å². The van der Waals surface area contributed by atoms with Crippen LogP contribution in [0, 0.1) is 0 Å². The maximum atomic E-state index is 9.53. The lowest BCUT2D eigenvalue weighted by Crippen LogP contribution is -2.31. The molecule has 0 saturated carbocycles. The van der Waals surface area contributed by atoms with Crippen LogP contribution in [0.1, 0.15) is 32.4 Å². The minimum absolute atomic E-state index is 0.356. The molecule has 1 atom stereocenters. The standard InChI is InChI=1S/C13H20N2O/c1-5-8-15(10(2)3)13-9-12(11(4)16)6-7-14-13/h5-7,9-11,16H,1,8H2,2-4H3/t11-/m0/s1. The van der Waals surface area contributed by atoms with Gasteiger partial charge in [-0.3, -0.25) is 0 Å². The number of nitrogens with zero attached hydrogens (tertiary/aromatic N) is 2. The lowest BCUT2D eigenvalue weighted by Gasteiger charge is -2.27. The minimum Gasteiger partial charge on any atom is -0.389 e. The molecular weight excluding hydrogens is 200 g/mol. The van der Waals surface area contributed by atoms with Crippen molar-refractivity contribution in [1.82, 2.24) is 4.98 Å². The highest BCUT2D eigenvalue weighted by Gasteiger charge is 2.11. The molecule has 0 aliphatic carbocycles. The fourth-order valence-electron chi connectivity index (χ4n) is 1.56. The zero-order valence-electron chi connectivity index (χ0n) is 10.2. The number of hydrogen-bond donors (Lipinski definition) is 1. The third-order valence-corrected chi connectivity index (χ3v) is 2.50. The van der Waals surface area contributed by atoms with Crippen molar-refractivity contribution in [3.05, 3.63) is 36.5 Å². The van der Waals surface area contributed by atoms with Gasteiger partial charge >= 0.3 is 0 Å². The average Bonchev–Trinajstić information content (AvgIpc) is 2.25. The third-order valence-electron chi connectivity index (χ3n) is 2.50. The van der Waals surface area contributed by atoms with E-state index >= 15 is 0 Å². The molecule has 0 unspecified atom stereocenters. The van der Waals surface area contributed by atoms with Crippen LogP contribution in [0.2, 0.25) is 0 Å². The summed E-state index contributed by atoms with van der Waals surface area (Å²) in [5.74, 6) is 0.883. The summed E-state index contributed by atoms with van der Waals surface area (Å²) in [7, 11) is 0. The fraction of sp³-hybridized carbons (Fsp3) is 0.462. The molecule has 1 aromatic heterocycles. The van der Waals surface area contributed by atoms with Crippen molar-refractivity contribution in [2.75, 3.05) is 11.4 Å². The highest BCUT2D eigenvalue weighted by atomic mass is 16.3. The smallest absolute Gasteiger partial charge is 0.129 e. The van der Waals surface area contributed by atoms with Crippen LogP contribution in [0.4, 0.5) is 5.82 Å². The van der Waals surface area contributed by atoms with E-state index in [0.717, 1.165) is 17.9 Å². The molecule has 1 heterocycles. The molecule has 0 radical (unpaired) electrons. The van der Waals surface area contributed by atoms with E-state index in [-0.39, 0.29) is 0 Å². The third kappa shape index (κ3) is 3.07. The SMILES string of the molecule is C=CCN(c1cc([C@H](C)O)ccn1)C(C)C. The van der Waals surface area contributed by atoms with Crippen molar-refractivity contribution in [3.63, 3.8) is 0 Å². The first-order valence-electron chi connectivity index (χ1n) is 5.57. The minimum atomic E-state index is -0.459. The number of hydrogen-bond acceptors (Lipinski definition) is 3. The van der Waals surface area contributed by atoms with Crippen molar-refractivity contribution >= 4 is 5.82 Å². The summed E-state index contributed by atoms with van der Waals surface area (Å²) in [6, 6.07) is 4.11. The molecule has 0 saturated heterocycles. The number of aliphatic hydroxyl groups is 1. The summed E-state index contributed by atoms with van der Waals surface area (Å²) in [4.78, 5) is 6.47. The van der Waals surface area contributed by atoms with E-state index in [1.807, 2.05) is 18.2 Å². The van der Waals surface area contributed by atoms with Gasteiger partial charge in [-0.2, -0.15) is 0 Å². The molecule has 3 nitrogen and oxygen atoms in total. The molecule has 0 bridgehead atoms. The quantitative estimate of drug-likeness (QED) is 0.775. The first-order chi connectivity index (χ1) is 7.56. The second-order valence-electron chi connectivity index (χ2n) is 4.16. The second kappa shape index (κ2) is 5.66. The second-order valence-corrected chi connectivity index (χ2v) is 4.16. The lowest BCUT2D eigenvalue weighted by atomic mass is 10.1. The molecule has 1 N–H and O–H groups in total.